The Hall–Kier alpha value is -2.96. The summed E-state index contributed by atoms with van der Waals surface area (Å²) >= 11 is 0. The highest BCUT2D eigenvalue weighted by atomic mass is 19.1. The Morgan fingerprint density at radius 3 is 2.80 bits per heavy atom. The van der Waals surface area contributed by atoms with Gasteiger partial charge in [-0.05, 0) is 36.2 Å². The average Bonchev–Trinajstić information content (AvgIpc) is 3.22. The van der Waals surface area contributed by atoms with Gasteiger partial charge in [0.2, 0.25) is 0 Å². The normalized spacial score (nSPS) is 11.0. The lowest BCUT2D eigenvalue weighted by molar-refractivity contribution is 0.0945. The van der Waals surface area contributed by atoms with Gasteiger partial charge in [-0.3, -0.25) is 9.89 Å². The van der Waals surface area contributed by atoms with Crippen LogP contribution in [0.4, 0.5) is 4.39 Å². The molecular formula is C18H20FN5O. The van der Waals surface area contributed by atoms with Crippen LogP contribution in [-0.4, -0.2) is 25.7 Å². The largest absolute Gasteiger partial charge is 0.345 e. The number of imidazole rings is 1. The average molecular weight is 341 g/mol. The van der Waals surface area contributed by atoms with Gasteiger partial charge in [-0.15, -0.1) is 0 Å². The second-order valence-electron chi connectivity index (χ2n) is 6.29. The highest BCUT2D eigenvalue weighted by Crippen LogP contribution is 2.18. The van der Waals surface area contributed by atoms with E-state index in [1.165, 1.54) is 12.1 Å². The van der Waals surface area contributed by atoms with Gasteiger partial charge in [-0.1, -0.05) is 13.8 Å². The number of benzene rings is 1. The van der Waals surface area contributed by atoms with Crippen molar-refractivity contribution < 1.29 is 9.18 Å². The van der Waals surface area contributed by atoms with Gasteiger partial charge in [0.25, 0.3) is 5.91 Å². The summed E-state index contributed by atoms with van der Waals surface area (Å²) in [6, 6.07) is 7.61. The molecule has 0 fully saturated rings. The van der Waals surface area contributed by atoms with E-state index in [4.69, 9.17) is 0 Å². The van der Waals surface area contributed by atoms with Crippen molar-refractivity contribution in [3.63, 3.8) is 0 Å². The van der Waals surface area contributed by atoms with Gasteiger partial charge in [0.15, 0.2) is 0 Å². The minimum atomic E-state index is -0.310. The summed E-state index contributed by atoms with van der Waals surface area (Å²) in [5, 5.41) is 9.69. The Labute approximate surface area is 145 Å². The molecule has 0 spiro atoms. The zero-order valence-electron chi connectivity index (χ0n) is 14.2. The number of aromatic amines is 1. The summed E-state index contributed by atoms with van der Waals surface area (Å²) in [6.07, 6.45) is 3.52. The fraction of sp³-hybridized carbons (Fsp3) is 0.278. The molecule has 0 aliphatic rings. The number of H-pyrrole nitrogens is 1. The third-order valence-electron chi connectivity index (χ3n) is 3.75. The predicted octanol–water partition coefficient (Wildman–Crippen LogP) is 3.00. The van der Waals surface area contributed by atoms with Crippen LogP contribution in [0.5, 0.6) is 0 Å². The van der Waals surface area contributed by atoms with Gasteiger partial charge < -0.3 is 9.88 Å². The number of carbonyl (C=O) groups is 1. The molecule has 25 heavy (non-hydrogen) atoms. The van der Waals surface area contributed by atoms with E-state index >= 15 is 0 Å². The van der Waals surface area contributed by atoms with Gasteiger partial charge >= 0.3 is 0 Å². The molecule has 0 saturated heterocycles. The highest BCUT2D eigenvalue weighted by Gasteiger charge is 2.12. The molecule has 1 amide bonds. The van der Waals surface area contributed by atoms with E-state index in [-0.39, 0.29) is 11.7 Å². The van der Waals surface area contributed by atoms with Crippen LogP contribution in [0.2, 0.25) is 0 Å². The topological polar surface area (TPSA) is 75.6 Å². The number of carbonyl (C=O) groups excluding carboxylic acids is 1. The maximum absolute atomic E-state index is 13.0. The van der Waals surface area contributed by atoms with Crippen LogP contribution in [0.25, 0.3) is 11.3 Å². The van der Waals surface area contributed by atoms with E-state index in [0.717, 1.165) is 17.8 Å². The number of nitrogens with zero attached hydrogens (tertiary/aromatic N) is 3. The van der Waals surface area contributed by atoms with E-state index in [0.29, 0.717) is 23.9 Å². The summed E-state index contributed by atoms with van der Waals surface area (Å²) in [5.74, 6) is -0.0667. The smallest absolute Gasteiger partial charge is 0.269 e. The molecule has 0 unspecified atom stereocenters. The van der Waals surface area contributed by atoms with Gasteiger partial charge in [0, 0.05) is 18.3 Å². The lowest BCUT2D eigenvalue weighted by atomic mass is 10.1. The molecular weight excluding hydrogens is 321 g/mol. The minimum absolute atomic E-state index is 0.252. The predicted molar refractivity (Wildman–Crippen MR) is 92.2 cm³/mol. The van der Waals surface area contributed by atoms with Crippen molar-refractivity contribution >= 4 is 5.91 Å². The van der Waals surface area contributed by atoms with Crippen molar-refractivity contribution in [2.45, 2.75) is 26.9 Å². The van der Waals surface area contributed by atoms with Crippen LogP contribution in [0.3, 0.4) is 0 Å². The fourth-order valence-electron chi connectivity index (χ4n) is 2.53. The summed E-state index contributed by atoms with van der Waals surface area (Å²) in [7, 11) is 0. The Kier molecular flexibility index (Phi) is 4.92. The number of hydrogen-bond acceptors (Lipinski definition) is 3. The number of aromatic nitrogens is 4. The fourth-order valence-corrected chi connectivity index (χ4v) is 2.53. The van der Waals surface area contributed by atoms with Crippen molar-refractivity contribution in [2.24, 2.45) is 5.92 Å². The summed E-state index contributed by atoms with van der Waals surface area (Å²) < 4.78 is 15.0. The molecule has 1 aromatic carbocycles. The molecule has 6 nitrogen and oxygen atoms in total. The maximum atomic E-state index is 13.0. The molecule has 2 N–H and O–H groups in total. The van der Waals surface area contributed by atoms with E-state index in [9.17, 15) is 9.18 Å². The lowest BCUT2D eigenvalue weighted by Gasteiger charge is -2.10. The van der Waals surface area contributed by atoms with Crippen molar-refractivity contribution in [1.82, 2.24) is 25.1 Å². The quantitative estimate of drug-likeness (QED) is 0.724. The van der Waals surface area contributed by atoms with E-state index in [2.05, 4.69) is 34.3 Å². The maximum Gasteiger partial charge on any atom is 0.269 e. The van der Waals surface area contributed by atoms with Gasteiger partial charge in [-0.2, -0.15) is 5.10 Å². The molecule has 0 aliphatic carbocycles. The number of amides is 1. The Bertz CT molecular complexity index is 850. The first-order valence-electron chi connectivity index (χ1n) is 8.11. The highest BCUT2D eigenvalue weighted by molar-refractivity contribution is 5.93. The number of halogens is 1. The second-order valence-corrected chi connectivity index (χ2v) is 6.29. The van der Waals surface area contributed by atoms with Crippen molar-refractivity contribution in [3.8, 4) is 11.3 Å². The van der Waals surface area contributed by atoms with Crippen LogP contribution in [-0.2, 0) is 13.1 Å². The zero-order chi connectivity index (χ0) is 17.8. The van der Waals surface area contributed by atoms with E-state index < -0.39 is 0 Å². The molecule has 130 valence electrons. The molecule has 0 bridgehead atoms. The molecule has 2 aromatic heterocycles. The molecule has 3 aromatic rings. The van der Waals surface area contributed by atoms with E-state index in [1.807, 2.05) is 4.57 Å². The number of rotatable bonds is 6. The SMILES string of the molecule is CC(C)Cn1cncc1CNC(=O)c1cc(-c2ccc(F)cc2)n[nH]1. The zero-order valence-corrected chi connectivity index (χ0v) is 14.2. The lowest BCUT2D eigenvalue weighted by Crippen LogP contribution is -2.24. The first-order valence-corrected chi connectivity index (χ1v) is 8.11. The van der Waals surface area contributed by atoms with Crippen LogP contribution >= 0.6 is 0 Å². The van der Waals surface area contributed by atoms with Crippen molar-refractivity contribution in [2.75, 3.05) is 0 Å². The molecule has 0 aliphatic heterocycles. The molecule has 2 heterocycles. The summed E-state index contributed by atoms with van der Waals surface area (Å²) in [4.78, 5) is 16.4. The van der Waals surface area contributed by atoms with Gasteiger partial charge in [0.05, 0.1) is 24.3 Å². The van der Waals surface area contributed by atoms with Gasteiger partial charge in [0.1, 0.15) is 11.5 Å². The second kappa shape index (κ2) is 7.29. The third kappa shape index (κ3) is 4.12. The summed E-state index contributed by atoms with van der Waals surface area (Å²) in [5.41, 5.74) is 2.64. The van der Waals surface area contributed by atoms with Crippen molar-refractivity contribution in [3.05, 3.63) is 60.1 Å². The number of nitrogens with one attached hydrogen (secondary N) is 2. The standard InChI is InChI=1S/C18H20FN5O/c1-12(2)10-24-11-20-8-15(24)9-21-18(25)17-7-16(22-23-17)13-3-5-14(19)6-4-13/h3-8,11-12H,9-10H2,1-2H3,(H,21,25)(H,22,23). The molecule has 7 heteroatoms. The molecule has 0 radical (unpaired) electrons. The van der Waals surface area contributed by atoms with Crippen LogP contribution in [0.1, 0.15) is 30.0 Å². The third-order valence-corrected chi connectivity index (χ3v) is 3.75. The number of hydrogen-bond donors (Lipinski definition) is 2. The Morgan fingerprint density at radius 1 is 1.32 bits per heavy atom. The monoisotopic (exact) mass is 341 g/mol. The minimum Gasteiger partial charge on any atom is -0.345 e. The Balaban J connectivity index is 1.64. The molecule has 0 saturated carbocycles. The molecule has 3 rings (SSSR count). The van der Waals surface area contributed by atoms with Crippen LogP contribution < -0.4 is 5.32 Å². The van der Waals surface area contributed by atoms with Crippen molar-refractivity contribution in [1.29, 1.82) is 0 Å². The van der Waals surface area contributed by atoms with Gasteiger partial charge in [-0.25, -0.2) is 9.37 Å². The Morgan fingerprint density at radius 2 is 2.08 bits per heavy atom. The first-order chi connectivity index (χ1) is 12.0. The van der Waals surface area contributed by atoms with E-state index in [1.54, 1.807) is 30.7 Å². The first kappa shape index (κ1) is 16.9. The molecule has 0 atom stereocenters. The summed E-state index contributed by atoms with van der Waals surface area (Å²) in [6.45, 7) is 5.49. The van der Waals surface area contributed by atoms with Crippen LogP contribution in [0.15, 0.2) is 42.9 Å². The van der Waals surface area contributed by atoms with Crippen LogP contribution in [0, 0.1) is 11.7 Å².